The van der Waals surface area contributed by atoms with Gasteiger partial charge in [0.05, 0.1) is 22.1 Å². The predicted molar refractivity (Wildman–Crippen MR) is 79.3 cm³/mol. The third kappa shape index (κ3) is 4.16. The van der Waals surface area contributed by atoms with Crippen LogP contribution in [-0.2, 0) is 14.8 Å². The summed E-state index contributed by atoms with van der Waals surface area (Å²) >= 11 is 5.83. The molecule has 0 amide bonds. The molecule has 8 heteroatoms. The first kappa shape index (κ1) is 17.9. The van der Waals surface area contributed by atoms with Crippen molar-refractivity contribution < 1.29 is 23.1 Å². The van der Waals surface area contributed by atoms with Crippen LogP contribution in [0.15, 0.2) is 23.1 Å². The Labute approximate surface area is 129 Å². The van der Waals surface area contributed by atoms with Crippen LogP contribution in [0.3, 0.4) is 0 Å². The number of hydrogen-bond donors (Lipinski definition) is 1. The Balaban J connectivity index is 3.22. The minimum atomic E-state index is -3.76. The van der Waals surface area contributed by atoms with E-state index in [4.69, 9.17) is 21.4 Å². The molecule has 21 heavy (non-hydrogen) atoms. The quantitative estimate of drug-likeness (QED) is 0.824. The fraction of sp³-hybridized carbons (Fsp3) is 0.462. The number of nitrogens with zero attached hydrogens (tertiary/aromatic N) is 1. The molecule has 1 aromatic carbocycles. The molecule has 0 aliphatic heterocycles. The van der Waals surface area contributed by atoms with Gasteiger partial charge in [0.15, 0.2) is 0 Å². The number of benzene rings is 1. The Kier molecular flexibility index (Phi) is 6.15. The fourth-order valence-electron chi connectivity index (χ4n) is 1.80. The summed E-state index contributed by atoms with van der Waals surface area (Å²) in [6, 6.07) is 3.32. The van der Waals surface area contributed by atoms with E-state index in [0.29, 0.717) is 0 Å². The Morgan fingerprint density at radius 3 is 2.48 bits per heavy atom. The third-order valence-corrected chi connectivity index (χ3v) is 5.25. The number of methoxy groups -OCH3 is 1. The molecule has 118 valence electrons. The highest BCUT2D eigenvalue weighted by Gasteiger charge is 2.27. The fourth-order valence-corrected chi connectivity index (χ4v) is 3.78. The highest BCUT2D eigenvalue weighted by molar-refractivity contribution is 7.89. The summed E-state index contributed by atoms with van der Waals surface area (Å²) in [5.41, 5.74) is -0.136. The van der Waals surface area contributed by atoms with Gasteiger partial charge in [-0.2, -0.15) is 4.31 Å². The zero-order chi connectivity index (χ0) is 16.2. The van der Waals surface area contributed by atoms with Crippen LogP contribution in [0.4, 0.5) is 0 Å². The molecule has 1 N–H and O–H groups in total. The smallest absolute Gasteiger partial charge is 0.337 e. The van der Waals surface area contributed by atoms with Gasteiger partial charge in [-0.15, -0.1) is 0 Å². The summed E-state index contributed by atoms with van der Waals surface area (Å²) < 4.78 is 31.4. The minimum absolute atomic E-state index is 0.0395. The van der Waals surface area contributed by atoms with E-state index in [9.17, 15) is 13.2 Å². The van der Waals surface area contributed by atoms with Crippen molar-refractivity contribution in [2.75, 3.05) is 20.3 Å². The van der Waals surface area contributed by atoms with E-state index in [-0.39, 0.29) is 34.7 Å². The Hall–Kier alpha value is -1.15. The number of sulfonamides is 1. The van der Waals surface area contributed by atoms with Gasteiger partial charge in [0.2, 0.25) is 10.0 Å². The number of aromatic carboxylic acids is 1. The van der Waals surface area contributed by atoms with Crippen LogP contribution in [-0.4, -0.2) is 50.1 Å². The molecule has 1 aromatic rings. The van der Waals surface area contributed by atoms with Crippen LogP contribution in [0.25, 0.3) is 0 Å². The Morgan fingerprint density at radius 1 is 1.43 bits per heavy atom. The molecule has 0 atom stereocenters. The summed E-state index contributed by atoms with van der Waals surface area (Å²) in [4.78, 5) is 10.9. The van der Waals surface area contributed by atoms with E-state index in [0.717, 1.165) is 6.07 Å². The summed E-state index contributed by atoms with van der Waals surface area (Å²) in [6.07, 6.45) is 0. The number of ether oxygens (including phenoxy) is 1. The molecule has 1 rings (SSSR count). The van der Waals surface area contributed by atoms with Crippen molar-refractivity contribution in [3.05, 3.63) is 28.8 Å². The lowest BCUT2D eigenvalue weighted by Crippen LogP contribution is -2.39. The number of halogens is 1. The van der Waals surface area contributed by atoms with Gasteiger partial charge >= 0.3 is 5.97 Å². The van der Waals surface area contributed by atoms with Gasteiger partial charge in [0, 0.05) is 19.7 Å². The van der Waals surface area contributed by atoms with Gasteiger partial charge in [-0.1, -0.05) is 11.6 Å². The molecule has 0 aliphatic rings. The van der Waals surface area contributed by atoms with E-state index in [1.807, 2.05) is 0 Å². The topological polar surface area (TPSA) is 83.9 Å². The van der Waals surface area contributed by atoms with Crippen LogP contribution >= 0.6 is 11.6 Å². The van der Waals surface area contributed by atoms with Crippen LogP contribution in [0.1, 0.15) is 24.2 Å². The maximum Gasteiger partial charge on any atom is 0.337 e. The van der Waals surface area contributed by atoms with Crippen molar-refractivity contribution in [3.63, 3.8) is 0 Å². The standard InChI is InChI=1S/C13H18ClNO5S/c1-9(2)15(6-7-20-3)21(18,19)10-4-5-11(13(16)17)12(14)8-10/h4-5,8-9H,6-7H2,1-3H3,(H,16,17). The summed E-state index contributed by atoms with van der Waals surface area (Å²) in [5.74, 6) is -1.20. The molecule has 0 saturated heterocycles. The SMILES string of the molecule is COCCN(C(C)C)S(=O)(=O)c1ccc(C(=O)O)c(Cl)c1. The summed E-state index contributed by atoms with van der Waals surface area (Å²) in [6.45, 7) is 3.97. The molecule has 0 unspecified atom stereocenters. The molecule has 0 bridgehead atoms. The minimum Gasteiger partial charge on any atom is -0.478 e. The molecule has 0 spiro atoms. The second-order valence-corrected chi connectivity index (χ2v) is 6.95. The van der Waals surface area contributed by atoms with Gasteiger partial charge in [-0.25, -0.2) is 13.2 Å². The lowest BCUT2D eigenvalue weighted by atomic mass is 10.2. The Bertz CT molecular complexity index is 615. The lowest BCUT2D eigenvalue weighted by Gasteiger charge is -2.25. The first-order valence-corrected chi connectivity index (χ1v) is 8.07. The summed E-state index contributed by atoms with van der Waals surface area (Å²) in [7, 11) is -2.27. The van der Waals surface area contributed by atoms with Gasteiger partial charge in [0.25, 0.3) is 0 Å². The molecule has 0 saturated carbocycles. The van der Waals surface area contributed by atoms with E-state index in [1.165, 1.54) is 23.5 Å². The molecule has 0 radical (unpaired) electrons. The number of carbonyl (C=O) groups is 1. The van der Waals surface area contributed by atoms with Crippen molar-refractivity contribution in [3.8, 4) is 0 Å². The average Bonchev–Trinajstić information content (AvgIpc) is 2.37. The molecule has 0 fully saturated rings. The molecular weight excluding hydrogens is 318 g/mol. The largest absolute Gasteiger partial charge is 0.478 e. The first-order valence-electron chi connectivity index (χ1n) is 6.25. The molecular formula is C13H18ClNO5S. The third-order valence-electron chi connectivity index (χ3n) is 2.87. The molecule has 0 aliphatic carbocycles. The molecule has 0 heterocycles. The maximum atomic E-state index is 12.6. The van der Waals surface area contributed by atoms with E-state index in [2.05, 4.69) is 0 Å². The van der Waals surface area contributed by atoms with Crippen molar-refractivity contribution in [1.29, 1.82) is 0 Å². The second kappa shape index (κ2) is 7.22. The van der Waals surface area contributed by atoms with E-state index >= 15 is 0 Å². The van der Waals surface area contributed by atoms with Crippen LogP contribution in [0.2, 0.25) is 5.02 Å². The van der Waals surface area contributed by atoms with Gasteiger partial charge in [-0.3, -0.25) is 0 Å². The van der Waals surface area contributed by atoms with E-state index < -0.39 is 16.0 Å². The van der Waals surface area contributed by atoms with E-state index in [1.54, 1.807) is 13.8 Å². The average molecular weight is 336 g/mol. The Morgan fingerprint density at radius 2 is 2.05 bits per heavy atom. The zero-order valence-corrected chi connectivity index (χ0v) is 13.6. The zero-order valence-electron chi connectivity index (χ0n) is 12.0. The maximum absolute atomic E-state index is 12.6. The molecule has 0 aromatic heterocycles. The first-order chi connectivity index (χ1) is 9.71. The normalized spacial score (nSPS) is 12.1. The van der Waals surface area contributed by atoms with Crippen LogP contribution in [0, 0.1) is 0 Å². The van der Waals surface area contributed by atoms with Crippen molar-refractivity contribution in [1.82, 2.24) is 4.31 Å². The molecule has 6 nitrogen and oxygen atoms in total. The number of rotatable bonds is 7. The monoisotopic (exact) mass is 335 g/mol. The lowest BCUT2D eigenvalue weighted by molar-refractivity contribution is 0.0697. The number of carboxylic acids is 1. The van der Waals surface area contributed by atoms with Crippen LogP contribution < -0.4 is 0 Å². The van der Waals surface area contributed by atoms with Gasteiger partial charge in [0.1, 0.15) is 0 Å². The van der Waals surface area contributed by atoms with Gasteiger partial charge < -0.3 is 9.84 Å². The summed E-state index contributed by atoms with van der Waals surface area (Å²) in [5, 5.41) is 8.80. The van der Waals surface area contributed by atoms with Crippen molar-refractivity contribution in [2.24, 2.45) is 0 Å². The van der Waals surface area contributed by atoms with Crippen LogP contribution in [0.5, 0.6) is 0 Å². The predicted octanol–water partition coefficient (Wildman–Crippen LogP) is 2.08. The van der Waals surface area contributed by atoms with Crippen molar-refractivity contribution >= 4 is 27.6 Å². The number of hydrogen-bond acceptors (Lipinski definition) is 4. The van der Waals surface area contributed by atoms with Gasteiger partial charge in [-0.05, 0) is 32.0 Å². The number of carboxylic acid groups (broad SMARTS) is 1. The highest BCUT2D eigenvalue weighted by Crippen LogP contribution is 2.24. The second-order valence-electron chi connectivity index (χ2n) is 4.65. The van der Waals surface area contributed by atoms with Crippen molar-refractivity contribution in [2.45, 2.75) is 24.8 Å². The highest BCUT2D eigenvalue weighted by atomic mass is 35.5.